The maximum Gasteiger partial charge on any atom is 0.226 e. The van der Waals surface area contributed by atoms with Crippen molar-refractivity contribution in [3.63, 3.8) is 0 Å². The second-order valence-corrected chi connectivity index (χ2v) is 9.09. The zero-order valence-electron chi connectivity index (χ0n) is 16.7. The molecular weight excluding hydrogens is 452 g/mol. The van der Waals surface area contributed by atoms with Gasteiger partial charge in [0, 0.05) is 24.0 Å². The number of hydrogen-bond donors (Lipinski definition) is 2. The Morgan fingerprint density at radius 1 is 1.26 bits per heavy atom. The number of ether oxygens (including phenoxy) is 1. The lowest BCUT2D eigenvalue weighted by atomic mass is 10.0. The summed E-state index contributed by atoms with van der Waals surface area (Å²) in [6.45, 7) is 0.455. The molecule has 6 nitrogen and oxygen atoms in total. The first-order valence-corrected chi connectivity index (χ1v) is 11.3. The number of aromatic nitrogens is 1. The van der Waals surface area contributed by atoms with Crippen LogP contribution in [0.4, 0.5) is 5.69 Å². The van der Waals surface area contributed by atoms with Gasteiger partial charge < -0.3 is 20.3 Å². The highest BCUT2D eigenvalue weighted by molar-refractivity contribution is 7.80. The zero-order valence-corrected chi connectivity index (χ0v) is 19.1. The van der Waals surface area contributed by atoms with Crippen molar-refractivity contribution in [2.75, 3.05) is 19.0 Å². The summed E-state index contributed by atoms with van der Waals surface area (Å²) < 4.78 is 6.02. The summed E-state index contributed by atoms with van der Waals surface area (Å²) in [7, 11) is 1.58. The lowest BCUT2D eigenvalue weighted by Gasteiger charge is -2.26. The van der Waals surface area contributed by atoms with Crippen molar-refractivity contribution in [2.24, 2.45) is 0 Å². The summed E-state index contributed by atoms with van der Waals surface area (Å²) in [4.78, 5) is 20.3. The van der Waals surface area contributed by atoms with Crippen molar-refractivity contribution >= 4 is 51.9 Å². The summed E-state index contributed by atoms with van der Waals surface area (Å²) in [5.74, 6) is 0.507. The van der Waals surface area contributed by atoms with Gasteiger partial charge in [0.05, 0.1) is 34.9 Å². The third-order valence-corrected chi connectivity index (χ3v) is 6.70. The Bertz CT molecular complexity index is 1080. The molecule has 3 aromatic rings. The van der Waals surface area contributed by atoms with Crippen LogP contribution in [-0.4, -0.2) is 34.6 Å². The molecule has 160 valence electrons. The molecule has 0 spiro atoms. The van der Waals surface area contributed by atoms with Crippen LogP contribution in [0.2, 0.25) is 4.34 Å². The van der Waals surface area contributed by atoms with E-state index in [0.29, 0.717) is 27.4 Å². The van der Waals surface area contributed by atoms with Crippen LogP contribution in [-0.2, 0) is 4.79 Å². The van der Waals surface area contributed by atoms with Gasteiger partial charge in [0.25, 0.3) is 0 Å². The summed E-state index contributed by atoms with van der Waals surface area (Å²) >= 11 is 13.4. The minimum absolute atomic E-state index is 0.0982. The molecule has 0 saturated carbocycles. The van der Waals surface area contributed by atoms with Gasteiger partial charge in [-0.05, 0) is 48.6 Å². The maximum absolute atomic E-state index is 12.7. The van der Waals surface area contributed by atoms with Gasteiger partial charge in [0.2, 0.25) is 5.91 Å². The SMILES string of the molecule is COc1ccccc1NC(=O)CCN1C(=S)N[C@@H](c2ccccn2)[C@@H]1c1ccc(Cl)s1. The van der Waals surface area contributed by atoms with Crippen LogP contribution in [0, 0.1) is 0 Å². The fraction of sp³-hybridized carbons (Fsp3) is 0.227. The van der Waals surface area contributed by atoms with Crippen molar-refractivity contribution in [3.8, 4) is 5.75 Å². The van der Waals surface area contributed by atoms with E-state index in [-0.39, 0.29) is 24.4 Å². The topological polar surface area (TPSA) is 66.5 Å². The van der Waals surface area contributed by atoms with Crippen LogP contribution in [0.3, 0.4) is 0 Å². The first kappa shape index (κ1) is 21.5. The average molecular weight is 473 g/mol. The number of thiophene rings is 1. The number of rotatable bonds is 7. The molecule has 0 bridgehead atoms. The Kier molecular flexibility index (Phi) is 6.70. The normalized spacial score (nSPS) is 18.0. The Morgan fingerprint density at radius 2 is 2.06 bits per heavy atom. The first-order valence-electron chi connectivity index (χ1n) is 9.73. The number of halogens is 1. The molecule has 1 aliphatic rings. The van der Waals surface area contributed by atoms with Crippen molar-refractivity contribution < 1.29 is 9.53 Å². The van der Waals surface area contributed by atoms with E-state index < -0.39 is 0 Å². The highest BCUT2D eigenvalue weighted by Gasteiger charge is 2.40. The molecule has 2 aromatic heterocycles. The molecular formula is C22H21ClN4O2S2. The Labute approximate surface area is 195 Å². The lowest BCUT2D eigenvalue weighted by Crippen LogP contribution is -2.32. The molecule has 0 unspecified atom stereocenters. The molecule has 1 aromatic carbocycles. The fourth-order valence-electron chi connectivity index (χ4n) is 3.63. The third kappa shape index (κ3) is 4.81. The van der Waals surface area contributed by atoms with Gasteiger partial charge in [0.1, 0.15) is 5.75 Å². The van der Waals surface area contributed by atoms with Gasteiger partial charge in [-0.1, -0.05) is 29.8 Å². The molecule has 1 amide bonds. The van der Waals surface area contributed by atoms with Crippen LogP contribution in [0.25, 0.3) is 0 Å². The predicted octanol–water partition coefficient (Wildman–Crippen LogP) is 4.81. The number of nitrogens with one attached hydrogen (secondary N) is 2. The monoisotopic (exact) mass is 472 g/mol. The van der Waals surface area contributed by atoms with Gasteiger partial charge in [-0.25, -0.2) is 0 Å². The Hall–Kier alpha value is -2.68. The predicted molar refractivity (Wildman–Crippen MR) is 128 cm³/mol. The van der Waals surface area contributed by atoms with Crippen LogP contribution in [0.5, 0.6) is 5.75 Å². The number of carbonyl (C=O) groups is 1. The Morgan fingerprint density at radius 3 is 2.77 bits per heavy atom. The molecule has 2 N–H and O–H groups in total. The van der Waals surface area contributed by atoms with Crippen LogP contribution >= 0.6 is 35.2 Å². The van der Waals surface area contributed by atoms with E-state index in [0.717, 1.165) is 10.6 Å². The van der Waals surface area contributed by atoms with Gasteiger partial charge >= 0.3 is 0 Å². The number of hydrogen-bond acceptors (Lipinski definition) is 5. The minimum Gasteiger partial charge on any atom is -0.495 e. The zero-order chi connectivity index (χ0) is 21.8. The van der Waals surface area contributed by atoms with Crippen LogP contribution < -0.4 is 15.4 Å². The van der Waals surface area contributed by atoms with E-state index in [2.05, 4.69) is 15.6 Å². The van der Waals surface area contributed by atoms with E-state index in [1.165, 1.54) is 11.3 Å². The molecule has 9 heteroatoms. The first-order chi connectivity index (χ1) is 15.1. The Balaban J connectivity index is 1.52. The van der Waals surface area contributed by atoms with E-state index in [1.54, 1.807) is 13.3 Å². The summed E-state index contributed by atoms with van der Waals surface area (Å²) in [6.07, 6.45) is 2.03. The average Bonchev–Trinajstić information content (AvgIpc) is 3.35. The number of amides is 1. The number of methoxy groups -OCH3 is 1. The minimum atomic E-state index is -0.124. The molecule has 3 heterocycles. The number of pyridine rings is 1. The molecule has 1 fully saturated rings. The quantitative estimate of drug-likeness (QED) is 0.481. The van der Waals surface area contributed by atoms with Gasteiger partial charge in [-0.3, -0.25) is 9.78 Å². The van der Waals surface area contributed by atoms with E-state index >= 15 is 0 Å². The van der Waals surface area contributed by atoms with Crippen molar-refractivity contribution in [1.82, 2.24) is 15.2 Å². The van der Waals surface area contributed by atoms with E-state index in [1.807, 2.05) is 59.5 Å². The summed E-state index contributed by atoms with van der Waals surface area (Å²) in [5, 5.41) is 6.89. The molecule has 0 aliphatic carbocycles. The molecule has 2 atom stereocenters. The molecule has 1 aliphatic heterocycles. The van der Waals surface area contributed by atoms with E-state index in [4.69, 9.17) is 28.6 Å². The van der Waals surface area contributed by atoms with Crippen LogP contribution in [0.1, 0.15) is 29.1 Å². The number of thiocarbonyl (C=S) groups is 1. The van der Waals surface area contributed by atoms with E-state index in [9.17, 15) is 4.79 Å². The second kappa shape index (κ2) is 9.64. The number of carbonyl (C=O) groups excluding carboxylic acids is 1. The summed E-state index contributed by atoms with van der Waals surface area (Å²) in [5.41, 5.74) is 1.53. The van der Waals surface area contributed by atoms with Gasteiger partial charge in [-0.2, -0.15) is 0 Å². The highest BCUT2D eigenvalue weighted by Crippen LogP contribution is 2.42. The molecule has 4 rings (SSSR count). The number of para-hydroxylation sites is 2. The highest BCUT2D eigenvalue weighted by atomic mass is 35.5. The molecule has 31 heavy (non-hydrogen) atoms. The van der Waals surface area contributed by atoms with Gasteiger partial charge in [0.15, 0.2) is 5.11 Å². The largest absolute Gasteiger partial charge is 0.495 e. The third-order valence-electron chi connectivity index (χ3n) is 5.04. The van der Waals surface area contributed by atoms with Crippen molar-refractivity contribution in [3.05, 3.63) is 75.7 Å². The van der Waals surface area contributed by atoms with Gasteiger partial charge in [-0.15, -0.1) is 11.3 Å². The summed E-state index contributed by atoms with van der Waals surface area (Å²) in [6, 6.07) is 16.8. The standard InChI is InChI=1S/C22H21ClN4O2S2/c1-29-16-8-3-2-6-14(16)25-19(28)11-13-27-21(17-9-10-18(23)31-17)20(26-22(27)30)15-7-4-5-12-24-15/h2-10,12,20-21H,11,13H2,1H3,(H,25,28)(H,26,30)/t20-,21-/m0/s1. The maximum atomic E-state index is 12.7. The fourth-order valence-corrected chi connectivity index (χ4v) is 5.17. The van der Waals surface area contributed by atoms with Crippen LogP contribution in [0.15, 0.2) is 60.8 Å². The molecule has 1 saturated heterocycles. The van der Waals surface area contributed by atoms with Crippen molar-refractivity contribution in [2.45, 2.75) is 18.5 Å². The number of benzene rings is 1. The second-order valence-electron chi connectivity index (χ2n) is 6.96. The van der Waals surface area contributed by atoms with Crippen molar-refractivity contribution in [1.29, 1.82) is 0 Å². The smallest absolute Gasteiger partial charge is 0.226 e. The number of nitrogens with zero attached hydrogens (tertiary/aromatic N) is 2. The molecule has 0 radical (unpaired) electrons. The number of anilines is 1. The lowest BCUT2D eigenvalue weighted by molar-refractivity contribution is -0.116.